The second-order valence-electron chi connectivity index (χ2n) is 4.13. The first kappa shape index (κ1) is 13.4. The molecular weight excluding hydrogens is 269 g/mol. The highest BCUT2D eigenvalue weighted by Crippen LogP contribution is 2.24. The van der Waals surface area contributed by atoms with Crippen LogP contribution in [0.1, 0.15) is 10.7 Å². The lowest BCUT2D eigenvalue weighted by Crippen LogP contribution is -2.17. The standard InChI is InChI=1S/C12H12FN3O2S/c1-8-7-19-12(14-8)6-15(2)11-4-3-9(16(17)18)5-10(11)13/h3-5,7H,6H2,1-2H3. The number of rotatable bonds is 4. The summed E-state index contributed by atoms with van der Waals surface area (Å²) in [6.07, 6.45) is 0. The maximum absolute atomic E-state index is 13.8. The van der Waals surface area contributed by atoms with Crippen LogP contribution in [0.25, 0.3) is 0 Å². The maximum atomic E-state index is 13.8. The van der Waals surface area contributed by atoms with Crippen molar-refractivity contribution in [2.75, 3.05) is 11.9 Å². The number of thiazole rings is 1. The molecule has 7 heteroatoms. The van der Waals surface area contributed by atoms with Crippen LogP contribution < -0.4 is 4.90 Å². The summed E-state index contributed by atoms with van der Waals surface area (Å²) in [6, 6.07) is 3.63. The number of anilines is 1. The van der Waals surface area contributed by atoms with Crippen molar-refractivity contribution in [3.8, 4) is 0 Å². The molecule has 0 spiro atoms. The quantitative estimate of drug-likeness (QED) is 0.638. The van der Waals surface area contributed by atoms with Crippen LogP contribution in [0, 0.1) is 22.9 Å². The predicted octanol–water partition coefficient (Wildman–Crippen LogP) is 3.14. The highest BCUT2D eigenvalue weighted by Gasteiger charge is 2.14. The van der Waals surface area contributed by atoms with Gasteiger partial charge in [-0.15, -0.1) is 11.3 Å². The second kappa shape index (κ2) is 5.31. The van der Waals surface area contributed by atoms with Crippen LogP contribution in [-0.4, -0.2) is 17.0 Å². The minimum atomic E-state index is -0.614. The van der Waals surface area contributed by atoms with Gasteiger partial charge in [0.05, 0.1) is 23.2 Å². The number of benzene rings is 1. The number of nitro benzene ring substituents is 1. The van der Waals surface area contributed by atoms with Crippen molar-refractivity contribution in [1.29, 1.82) is 0 Å². The second-order valence-corrected chi connectivity index (χ2v) is 5.07. The Bertz CT molecular complexity index is 615. The maximum Gasteiger partial charge on any atom is 0.272 e. The van der Waals surface area contributed by atoms with Gasteiger partial charge in [0.15, 0.2) is 5.82 Å². The van der Waals surface area contributed by atoms with Gasteiger partial charge >= 0.3 is 0 Å². The summed E-state index contributed by atoms with van der Waals surface area (Å²) in [5, 5.41) is 13.3. The zero-order valence-electron chi connectivity index (χ0n) is 10.5. The largest absolute Gasteiger partial charge is 0.365 e. The van der Waals surface area contributed by atoms with E-state index in [1.165, 1.54) is 23.5 Å². The van der Waals surface area contributed by atoms with Crippen LogP contribution >= 0.6 is 11.3 Å². The van der Waals surface area contributed by atoms with Crippen molar-refractivity contribution < 1.29 is 9.31 Å². The van der Waals surface area contributed by atoms with Gasteiger partial charge in [-0.1, -0.05) is 0 Å². The van der Waals surface area contributed by atoms with E-state index < -0.39 is 10.7 Å². The van der Waals surface area contributed by atoms with Gasteiger partial charge in [-0.05, 0) is 13.0 Å². The third kappa shape index (κ3) is 3.05. The average molecular weight is 281 g/mol. The summed E-state index contributed by atoms with van der Waals surface area (Å²) in [5.41, 5.74) is 0.996. The monoisotopic (exact) mass is 281 g/mol. The molecule has 1 heterocycles. The van der Waals surface area contributed by atoms with Gasteiger partial charge < -0.3 is 4.90 Å². The summed E-state index contributed by atoms with van der Waals surface area (Å²) in [4.78, 5) is 15.9. The molecule has 0 saturated heterocycles. The van der Waals surface area contributed by atoms with Crippen LogP contribution in [0.3, 0.4) is 0 Å². The molecule has 0 saturated carbocycles. The Balaban J connectivity index is 2.19. The molecule has 0 atom stereocenters. The molecular formula is C12H12FN3O2S. The number of halogens is 1. The number of hydrogen-bond donors (Lipinski definition) is 0. The molecule has 0 aliphatic carbocycles. The van der Waals surface area contributed by atoms with E-state index in [1.807, 2.05) is 12.3 Å². The third-order valence-electron chi connectivity index (χ3n) is 2.59. The molecule has 0 radical (unpaired) electrons. The summed E-state index contributed by atoms with van der Waals surface area (Å²) in [6.45, 7) is 2.36. The summed E-state index contributed by atoms with van der Waals surface area (Å²) in [7, 11) is 1.72. The summed E-state index contributed by atoms with van der Waals surface area (Å²) >= 11 is 1.50. The molecule has 0 fully saturated rings. The number of hydrogen-bond acceptors (Lipinski definition) is 5. The zero-order chi connectivity index (χ0) is 14.0. The molecule has 1 aromatic heterocycles. The minimum absolute atomic E-state index is 0.250. The van der Waals surface area contributed by atoms with E-state index in [-0.39, 0.29) is 5.69 Å². The minimum Gasteiger partial charge on any atom is -0.365 e. The lowest BCUT2D eigenvalue weighted by molar-refractivity contribution is -0.385. The fraction of sp³-hybridized carbons (Fsp3) is 0.250. The van der Waals surface area contributed by atoms with Crippen molar-refractivity contribution in [2.24, 2.45) is 0 Å². The summed E-state index contributed by atoms with van der Waals surface area (Å²) in [5.74, 6) is -0.607. The Kier molecular flexibility index (Phi) is 3.75. The highest BCUT2D eigenvalue weighted by molar-refractivity contribution is 7.09. The lowest BCUT2D eigenvalue weighted by atomic mass is 10.2. The molecule has 0 aliphatic rings. The van der Waals surface area contributed by atoms with Crippen molar-refractivity contribution in [2.45, 2.75) is 13.5 Å². The van der Waals surface area contributed by atoms with Crippen molar-refractivity contribution in [1.82, 2.24) is 4.98 Å². The molecule has 1 aromatic carbocycles. The number of aromatic nitrogens is 1. The first-order valence-electron chi connectivity index (χ1n) is 5.53. The molecule has 2 rings (SSSR count). The van der Waals surface area contributed by atoms with Gasteiger partial charge in [0.1, 0.15) is 5.01 Å². The van der Waals surface area contributed by atoms with E-state index >= 15 is 0 Å². The molecule has 0 N–H and O–H groups in total. The average Bonchev–Trinajstić information content (AvgIpc) is 2.74. The Morgan fingerprint density at radius 1 is 1.53 bits per heavy atom. The van der Waals surface area contributed by atoms with E-state index in [2.05, 4.69) is 4.98 Å². The van der Waals surface area contributed by atoms with Crippen molar-refractivity contribution >= 4 is 22.7 Å². The van der Waals surface area contributed by atoms with Gasteiger partial charge in [-0.2, -0.15) is 0 Å². The smallest absolute Gasteiger partial charge is 0.272 e. The Labute approximate surface area is 113 Å². The SMILES string of the molecule is Cc1csc(CN(C)c2ccc([N+](=O)[O-])cc2F)n1. The number of non-ortho nitro benzene ring substituents is 1. The predicted molar refractivity (Wildman–Crippen MR) is 72.0 cm³/mol. The Morgan fingerprint density at radius 2 is 2.26 bits per heavy atom. The topological polar surface area (TPSA) is 59.3 Å². The first-order valence-corrected chi connectivity index (χ1v) is 6.41. The third-order valence-corrected chi connectivity index (χ3v) is 3.54. The molecule has 5 nitrogen and oxygen atoms in total. The fourth-order valence-electron chi connectivity index (χ4n) is 1.68. The first-order chi connectivity index (χ1) is 8.97. The Hall–Kier alpha value is -2.02. The molecule has 0 unspecified atom stereocenters. The van der Waals surface area contributed by atoms with Gasteiger partial charge in [0.25, 0.3) is 5.69 Å². The lowest BCUT2D eigenvalue weighted by Gasteiger charge is -2.18. The summed E-state index contributed by atoms with van der Waals surface area (Å²) < 4.78 is 13.8. The van der Waals surface area contributed by atoms with Gasteiger partial charge in [0.2, 0.25) is 0 Å². The van der Waals surface area contributed by atoms with Crippen LogP contribution in [0.2, 0.25) is 0 Å². The van der Waals surface area contributed by atoms with Crippen molar-refractivity contribution in [3.05, 3.63) is 50.2 Å². The normalized spacial score (nSPS) is 10.5. The molecule has 0 bridgehead atoms. The van der Waals surface area contributed by atoms with Crippen LogP contribution in [0.5, 0.6) is 0 Å². The molecule has 2 aromatic rings. The van der Waals surface area contributed by atoms with E-state index in [1.54, 1.807) is 11.9 Å². The van der Waals surface area contributed by atoms with E-state index in [0.29, 0.717) is 12.2 Å². The molecule has 0 amide bonds. The van der Waals surface area contributed by atoms with E-state index in [9.17, 15) is 14.5 Å². The zero-order valence-corrected chi connectivity index (χ0v) is 11.3. The van der Waals surface area contributed by atoms with E-state index in [4.69, 9.17) is 0 Å². The molecule has 0 aliphatic heterocycles. The number of nitrogens with zero attached hydrogens (tertiary/aromatic N) is 3. The van der Waals surface area contributed by atoms with Gasteiger partial charge in [-0.3, -0.25) is 10.1 Å². The van der Waals surface area contributed by atoms with Crippen LogP contribution in [0.4, 0.5) is 15.8 Å². The van der Waals surface area contributed by atoms with E-state index in [0.717, 1.165) is 16.8 Å². The fourth-order valence-corrected chi connectivity index (χ4v) is 2.51. The molecule has 100 valence electrons. The van der Waals surface area contributed by atoms with Crippen LogP contribution in [-0.2, 0) is 6.54 Å². The van der Waals surface area contributed by atoms with Gasteiger partial charge in [-0.25, -0.2) is 9.37 Å². The highest BCUT2D eigenvalue weighted by atomic mass is 32.1. The van der Waals surface area contributed by atoms with Gasteiger partial charge in [0, 0.05) is 24.2 Å². The van der Waals surface area contributed by atoms with Crippen LogP contribution in [0.15, 0.2) is 23.6 Å². The molecule has 19 heavy (non-hydrogen) atoms. The van der Waals surface area contributed by atoms with Crippen molar-refractivity contribution in [3.63, 3.8) is 0 Å². The number of aryl methyl sites for hydroxylation is 1. The number of nitro groups is 1. The Morgan fingerprint density at radius 3 is 2.79 bits per heavy atom.